The number of hydrogen-bond donors (Lipinski definition) is 1. The highest BCUT2D eigenvalue weighted by Crippen LogP contribution is 2.15. The molecule has 1 N–H and O–H groups in total. The molecule has 2 heterocycles. The van der Waals surface area contributed by atoms with Crippen molar-refractivity contribution in [2.45, 2.75) is 20.3 Å². The molecule has 3 rings (SSSR count). The summed E-state index contributed by atoms with van der Waals surface area (Å²) in [6.07, 6.45) is 0.407. The number of hydrogen-bond acceptors (Lipinski definition) is 4. The Hall–Kier alpha value is -2.08. The van der Waals surface area contributed by atoms with Crippen LogP contribution in [0.15, 0.2) is 33.5 Å². The van der Waals surface area contributed by atoms with Gasteiger partial charge in [0.1, 0.15) is 11.6 Å². The van der Waals surface area contributed by atoms with Crippen LogP contribution >= 0.6 is 15.9 Å². The van der Waals surface area contributed by atoms with Crippen LogP contribution in [-0.2, 0) is 6.42 Å². The van der Waals surface area contributed by atoms with Gasteiger partial charge in [0.15, 0.2) is 0 Å². The van der Waals surface area contributed by atoms with E-state index < -0.39 is 0 Å². The lowest BCUT2D eigenvalue weighted by atomic mass is 10.2. The molecular weight excluding hydrogens is 332 g/mol. The fourth-order valence-electron chi connectivity index (χ4n) is 2.27. The molecule has 5 nitrogen and oxygen atoms in total. The Bertz CT molecular complexity index is 868. The first-order valence-corrected chi connectivity index (χ1v) is 7.30. The highest BCUT2D eigenvalue weighted by molar-refractivity contribution is 9.10. The summed E-state index contributed by atoms with van der Waals surface area (Å²) in [6, 6.07) is 7.36. The van der Waals surface area contributed by atoms with E-state index in [0.717, 1.165) is 15.9 Å². The van der Waals surface area contributed by atoms with Gasteiger partial charge in [-0.05, 0) is 38.1 Å². The van der Waals surface area contributed by atoms with Gasteiger partial charge >= 0.3 is 0 Å². The maximum absolute atomic E-state index is 12.1. The zero-order chi connectivity index (χ0) is 15.0. The second-order valence-corrected chi connectivity index (χ2v) is 5.83. The predicted molar refractivity (Wildman–Crippen MR) is 84.4 cm³/mol. The van der Waals surface area contributed by atoms with Crippen LogP contribution in [-0.4, -0.2) is 19.9 Å². The van der Waals surface area contributed by atoms with Gasteiger partial charge in [0.05, 0.1) is 17.3 Å². The van der Waals surface area contributed by atoms with Crippen LogP contribution in [0.25, 0.3) is 10.9 Å². The molecule has 0 fully saturated rings. The molecule has 1 aromatic carbocycles. The van der Waals surface area contributed by atoms with Crippen LogP contribution in [0.1, 0.15) is 23.0 Å². The zero-order valence-corrected chi connectivity index (χ0v) is 13.2. The van der Waals surface area contributed by atoms with Crippen LogP contribution in [0.5, 0.6) is 0 Å². The third kappa shape index (κ3) is 3.00. The molecule has 0 aliphatic rings. The van der Waals surface area contributed by atoms with Gasteiger partial charge in [-0.25, -0.2) is 15.0 Å². The van der Waals surface area contributed by atoms with Crippen molar-refractivity contribution < 1.29 is 0 Å². The molecule has 0 atom stereocenters. The highest BCUT2D eigenvalue weighted by Gasteiger charge is 2.07. The number of aryl methyl sites for hydroxylation is 2. The third-order valence-electron chi connectivity index (χ3n) is 3.07. The van der Waals surface area contributed by atoms with Crippen molar-refractivity contribution in [1.82, 2.24) is 19.9 Å². The minimum absolute atomic E-state index is 0.152. The first kappa shape index (κ1) is 13.9. The van der Waals surface area contributed by atoms with Crippen molar-refractivity contribution in [1.29, 1.82) is 0 Å². The number of nitrogens with zero attached hydrogens (tertiary/aromatic N) is 3. The molecule has 21 heavy (non-hydrogen) atoms. The summed E-state index contributed by atoms with van der Waals surface area (Å²) < 4.78 is 0.854. The van der Waals surface area contributed by atoms with Crippen molar-refractivity contribution in [3.8, 4) is 0 Å². The number of H-pyrrole nitrogens is 1. The topological polar surface area (TPSA) is 71.5 Å². The molecule has 0 bridgehead atoms. The van der Waals surface area contributed by atoms with Crippen LogP contribution in [0.3, 0.4) is 0 Å². The van der Waals surface area contributed by atoms with E-state index in [2.05, 4.69) is 35.9 Å². The summed E-state index contributed by atoms with van der Waals surface area (Å²) in [5.74, 6) is 1.23. The quantitative estimate of drug-likeness (QED) is 0.775. The number of nitrogens with one attached hydrogen (secondary N) is 1. The van der Waals surface area contributed by atoms with Gasteiger partial charge in [0.2, 0.25) is 0 Å². The Morgan fingerprint density at radius 2 is 1.81 bits per heavy atom. The molecule has 3 aromatic rings. The van der Waals surface area contributed by atoms with Gasteiger partial charge in [-0.15, -0.1) is 0 Å². The first-order chi connectivity index (χ1) is 10.0. The van der Waals surface area contributed by atoms with Gasteiger partial charge in [-0.1, -0.05) is 15.9 Å². The largest absolute Gasteiger partial charge is 0.310 e. The van der Waals surface area contributed by atoms with Gasteiger partial charge in [-0.3, -0.25) is 4.79 Å². The predicted octanol–water partition coefficient (Wildman–Crippen LogP) is 2.68. The van der Waals surface area contributed by atoms with E-state index in [1.807, 2.05) is 32.0 Å². The summed E-state index contributed by atoms with van der Waals surface area (Å²) >= 11 is 3.35. The average molecular weight is 345 g/mol. The minimum atomic E-state index is -0.152. The Morgan fingerprint density at radius 3 is 2.52 bits per heavy atom. The molecule has 0 radical (unpaired) electrons. The highest BCUT2D eigenvalue weighted by atomic mass is 79.9. The van der Waals surface area contributed by atoms with Crippen LogP contribution in [0, 0.1) is 13.8 Å². The Kier molecular flexibility index (Phi) is 3.55. The van der Waals surface area contributed by atoms with Crippen LogP contribution in [0.2, 0.25) is 0 Å². The Balaban J connectivity index is 2.05. The summed E-state index contributed by atoms with van der Waals surface area (Å²) in [7, 11) is 0. The average Bonchev–Trinajstić information content (AvgIpc) is 2.38. The maximum atomic E-state index is 12.1. The number of rotatable bonds is 2. The van der Waals surface area contributed by atoms with Gasteiger partial charge < -0.3 is 4.98 Å². The van der Waals surface area contributed by atoms with Crippen molar-refractivity contribution in [2.75, 3.05) is 0 Å². The fraction of sp³-hybridized carbons (Fsp3) is 0.200. The SMILES string of the molecule is Cc1cc(C)nc(Cc2nc3ccc(Br)cc3c(=O)[nH]2)n1. The molecule has 106 valence electrons. The van der Waals surface area contributed by atoms with Crippen molar-refractivity contribution >= 4 is 26.8 Å². The van der Waals surface area contributed by atoms with Gasteiger partial charge in [-0.2, -0.15) is 0 Å². The molecule has 2 aromatic heterocycles. The lowest BCUT2D eigenvalue weighted by Crippen LogP contribution is -2.13. The zero-order valence-electron chi connectivity index (χ0n) is 11.6. The Labute approximate surface area is 129 Å². The van der Waals surface area contributed by atoms with Crippen LogP contribution in [0.4, 0.5) is 0 Å². The molecule has 0 aliphatic heterocycles. The summed E-state index contributed by atoms with van der Waals surface area (Å²) in [5, 5.41) is 0.564. The van der Waals surface area contributed by atoms with E-state index in [-0.39, 0.29) is 5.56 Å². The minimum Gasteiger partial charge on any atom is -0.310 e. The lowest BCUT2D eigenvalue weighted by Gasteiger charge is -2.04. The van der Waals surface area contributed by atoms with E-state index in [1.165, 1.54) is 0 Å². The van der Waals surface area contributed by atoms with Gasteiger partial charge in [0, 0.05) is 15.9 Å². The molecule has 0 spiro atoms. The summed E-state index contributed by atoms with van der Waals surface area (Å²) in [6.45, 7) is 3.85. The second kappa shape index (κ2) is 5.37. The van der Waals surface area contributed by atoms with E-state index in [1.54, 1.807) is 6.07 Å². The number of halogens is 1. The summed E-state index contributed by atoms with van der Waals surface area (Å²) in [4.78, 5) is 28.1. The molecule has 0 saturated carbocycles. The van der Waals surface area contributed by atoms with Crippen LogP contribution < -0.4 is 5.56 Å². The van der Waals surface area contributed by atoms with E-state index in [4.69, 9.17) is 0 Å². The second-order valence-electron chi connectivity index (χ2n) is 4.92. The van der Waals surface area contributed by atoms with Crippen molar-refractivity contribution in [2.24, 2.45) is 0 Å². The standard InChI is InChI=1S/C15H13BrN4O/c1-8-5-9(2)18-13(17-8)7-14-19-12-4-3-10(16)6-11(12)15(21)20-14/h3-6H,7H2,1-2H3,(H,19,20,21). The van der Waals surface area contributed by atoms with Crippen molar-refractivity contribution in [3.63, 3.8) is 0 Å². The van der Waals surface area contributed by atoms with E-state index in [0.29, 0.717) is 29.0 Å². The van der Waals surface area contributed by atoms with E-state index >= 15 is 0 Å². The lowest BCUT2D eigenvalue weighted by molar-refractivity contribution is 0.865. The number of fused-ring (bicyclic) bond motifs is 1. The molecule has 0 amide bonds. The summed E-state index contributed by atoms with van der Waals surface area (Å²) in [5.41, 5.74) is 2.33. The van der Waals surface area contributed by atoms with Crippen molar-refractivity contribution in [3.05, 3.63) is 62.1 Å². The first-order valence-electron chi connectivity index (χ1n) is 6.51. The fourth-order valence-corrected chi connectivity index (χ4v) is 2.63. The number of benzene rings is 1. The molecular formula is C15H13BrN4O. The number of aromatic amines is 1. The normalized spacial score (nSPS) is 11.0. The molecule has 0 unspecified atom stereocenters. The third-order valence-corrected chi connectivity index (χ3v) is 3.56. The molecule has 0 aliphatic carbocycles. The Morgan fingerprint density at radius 1 is 1.10 bits per heavy atom. The maximum Gasteiger partial charge on any atom is 0.258 e. The smallest absolute Gasteiger partial charge is 0.258 e. The van der Waals surface area contributed by atoms with Gasteiger partial charge in [0.25, 0.3) is 5.56 Å². The number of aromatic nitrogens is 4. The molecule has 0 saturated heterocycles. The van der Waals surface area contributed by atoms with E-state index in [9.17, 15) is 4.79 Å². The monoisotopic (exact) mass is 344 g/mol. The molecule has 6 heteroatoms.